The Bertz CT molecular complexity index is 252. The second kappa shape index (κ2) is 5.75. The van der Waals surface area contributed by atoms with E-state index in [1.807, 2.05) is 0 Å². The molecule has 2 aliphatic carbocycles. The Balaban J connectivity index is 1.89. The maximum Gasteiger partial charge on any atom is 0.333 e. The number of hydrogen-bond acceptors (Lipinski definition) is 3. The van der Waals surface area contributed by atoms with Gasteiger partial charge >= 0.3 is 5.97 Å². The van der Waals surface area contributed by atoms with Gasteiger partial charge in [0.15, 0.2) is 0 Å². The molecular weight excluding hydrogens is 216 g/mol. The van der Waals surface area contributed by atoms with Crippen molar-refractivity contribution in [1.82, 2.24) is 0 Å². The van der Waals surface area contributed by atoms with Crippen LogP contribution in [0.5, 0.6) is 0 Å². The van der Waals surface area contributed by atoms with Gasteiger partial charge in [0.25, 0.3) is 0 Å². The molecule has 0 radical (unpaired) electrons. The summed E-state index contributed by atoms with van der Waals surface area (Å²) in [4.78, 5) is 0. The van der Waals surface area contributed by atoms with E-state index < -0.39 is 5.97 Å². The molecule has 2 fully saturated rings. The number of ether oxygens (including phenoxy) is 3. The van der Waals surface area contributed by atoms with E-state index in [0.29, 0.717) is 0 Å². The van der Waals surface area contributed by atoms with Crippen molar-refractivity contribution in [1.29, 1.82) is 0 Å². The summed E-state index contributed by atoms with van der Waals surface area (Å²) in [7, 11) is 0. The zero-order valence-electron chi connectivity index (χ0n) is 10.6. The van der Waals surface area contributed by atoms with Crippen LogP contribution in [0.2, 0.25) is 0 Å². The van der Waals surface area contributed by atoms with E-state index in [-0.39, 0.29) is 12.2 Å². The maximum absolute atomic E-state index is 5.91. The zero-order chi connectivity index (χ0) is 12.1. The minimum atomic E-state index is -1.06. The standard InChI is InChI=1S/C14H22O3/c1-3-15-14(2,16-12-8-4-5-9-12)17-13-10-6-7-11-13/h1,12-13H,4-11H2,2H3. The Kier molecular flexibility index (Phi) is 4.31. The highest BCUT2D eigenvalue weighted by Gasteiger charge is 2.36. The third-order valence-corrected chi connectivity index (χ3v) is 3.61. The lowest BCUT2D eigenvalue weighted by Crippen LogP contribution is -2.40. The van der Waals surface area contributed by atoms with Crippen molar-refractivity contribution in [3.63, 3.8) is 0 Å². The average Bonchev–Trinajstić information content (AvgIpc) is 2.91. The first-order valence-electron chi connectivity index (χ1n) is 6.71. The molecule has 0 spiro atoms. The summed E-state index contributed by atoms with van der Waals surface area (Å²) in [5.74, 6) is -1.06. The molecule has 17 heavy (non-hydrogen) atoms. The van der Waals surface area contributed by atoms with Crippen molar-refractivity contribution in [3.8, 4) is 12.5 Å². The van der Waals surface area contributed by atoms with Crippen LogP contribution in [0.15, 0.2) is 0 Å². The fourth-order valence-electron chi connectivity index (χ4n) is 2.80. The van der Waals surface area contributed by atoms with Crippen LogP contribution in [0.4, 0.5) is 0 Å². The van der Waals surface area contributed by atoms with Gasteiger partial charge in [-0.15, -0.1) is 0 Å². The summed E-state index contributed by atoms with van der Waals surface area (Å²) in [6.45, 7) is 1.80. The first-order valence-corrected chi connectivity index (χ1v) is 6.71. The van der Waals surface area contributed by atoms with Crippen molar-refractivity contribution in [2.75, 3.05) is 0 Å². The van der Waals surface area contributed by atoms with E-state index in [1.54, 1.807) is 6.92 Å². The fourth-order valence-corrected chi connectivity index (χ4v) is 2.80. The van der Waals surface area contributed by atoms with Crippen LogP contribution in [0.3, 0.4) is 0 Å². The molecule has 96 valence electrons. The van der Waals surface area contributed by atoms with Crippen LogP contribution in [0.1, 0.15) is 58.3 Å². The summed E-state index contributed by atoms with van der Waals surface area (Å²) in [6, 6.07) is 0. The van der Waals surface area contributed by atoms with E-state index in [0.717, 1.165) is 25.7 Å². The first kappa shape index (κ1) is 12.7. The molecule has 2 saturated carbocycles. The van der Waals surface area contributed by atoms with E-state index >= 15 is 0 Å². The van der Waals surface area contributed by atoms with Crippen molar-refractivity contribution in [2.24, 2.45) is 0 Å². The van der Waals surface area contributed by atoms with Gasteiger partial charge in [0.05, 0.1) is 12.2 Å². The fraction of sp³-hybridized carbons (Fsp3) is 0.857. The van der Waals surface area contributed by atoms with Crippen LogP contribution in [0, 0.1) is 12.5 Å². The molecule has 0 aromatic rings. The van der Waals surface area contributed by atoms with Crippen molar-refractivity contribution in [3.05, 3.63) is 0 Å². The van der Waals surface area contributed by atoms with Crippen LogP contribution in [-0.4, -0.2) is 18.2 Å². The monoisotopic (exact) mass is 238 g/mol. The molecule has 2 rings (SSSR count). The lowest BCUT2D eigenvalue weighted by atomic mass is 10.3. The summed E-state index contributed by atoms with van der Waals surface area (Å²) in [5.41, 5.74) is 0. The third-order valence-electron chi connectivity index (χ3n) is 3.61. The molecule has 0 bridgehead atoms. The van der Waals surface area contributed by atoms with Crippen molar-refractivity contribution in [2.45, 2.75) is 76.5 Å². The van der Waals surface area contributed by atoms with Crippen molar-refractivity contribution < 1.29 is 14.2 Å². The van der Waals surface area contributed by atoms with Gasteiger partial charge < -0.3 is 14.2 Å². The molecule has 0 atom stereocenters. The summed E-state index contributed by atoms with van der Waals surface area (Å²) < 4.78 is 17.1. The Labute approximate surface area is 104 Å². The lowest BCUT2D eigenvalue weighted by molar-refractivity contribution is -0.372. The van der Waals surface area contributed by atoms with Gasteiger partial charge in [0.2, 0.25) is 0 Å². The van der Waals surface area contributed by atoms with E-state index in [4.69, 9.17) is 20.6 Å². The number of hydrogen-bond donors (Lipinski definition) is 0. The number of rotatable bonds is 5. The van der Waals surface area contributed by atoms with Gasteiger partial charge in [-0.1, -0.05) is 32.1 Å². The van der Waals surface area contributed by atoms with Crippen LogP contribution in [0.25, 0.3) is 0 Å². The predicted molar refractivity (Wildman–Crippen MR) is 65.0 cm³/mol. The predicted octanol–water partition coefficient (Wildman–Crippen LogP) is 3.19. The van der Waals surface area contributed by atoms with Gasteiger partial charge in [-0.2, -0.15) is 0 Å². The highest BCUT2D eigenvalue weighted by atomic mass is 16.9. The normalized spacial score (nSPS) is 22.8. The van der Waals surface area contributed by atoms with Gasteiger partial charge in [0, 0.05) is 6.92 Å². The second-order valence-electron chi connectivity index (χ2n) is 5.13. The van der Waals surface area contributed by atoms with Crippen LogP contribution >= 0.6 is 0 Å². The minimum absolute atomic E-state index is 0.231. The van der Waals surface area contributed by atoms with Gasteiger partial charge in [-0.3, -0.25) is 0 Å². The van der Waals surface area contributed by atoms with E-state index in [1.165, 1.54) is 25.7 Å². The SMILES string of the molecule is C#COC(C)(OC1CCCC1)OC1CCCC1. The van der Waals surface area contributed by atoms with Crippen LogP contribution < -0.4 is 0 Å². The minimum Gasteiger partial charge on any atom is -0.387 e. The molecule has 0 aliphatic heterocycles. The largest absolute Gasteiger partial charge is 0.387 e. The van der Waals surface area contributed by atoms with Gasteiger partial charge in [0.1, 0.15) is 6.11 Å². The lowest BCUT2D eigenvalue weighted by Gasteiger charge is -2.32. The van der Waals surface area contributed by atoms with Crippen LogP contribution in [-0.2, 0) is 14.2 Å². The van der Waals surface area contributed by atoms with Gasteiger partial charge in [-0.25, -0.2) is 0 Å². The molecule has 0 unspecified atom stereocenters. The zero-order valence-corrected chi connectivity index (χ0v) is 10.6. The molecule has 0 heterocycles. The average molecular weight is 238 g/mol. The number of terminal acetylenes is 1. The third kappa shape index (κ3) is 3.62. The molecule has 0 N–H and O–H groups in total. The Hall–Kier alpha value is -0.720. The molecule has 0 aromatic carbocycles. The Morgan fingerprint density at radius 1 is 0.941 bits per heavy atom. The topological polar surface area (TPSA) is 27.7 Å². The summed E-state index contributed by atoms with van der Waals surface area (Å²) >= 11 is 0. The molecule has 0 saturated heterocycles. The second-order valence-corrected chi connectivity index (χ2v) is 5.13. The quantitative estimate of drug-likeness (QED) is 0.544. The summed E-state index contributed by atoms with van der Waals surface area (Å²) in [6.07, 6.45) is 17.1. The first-order chi connectivity index (χ1) is 8.22. The molecule has 2 aliphatic rings. The van der Waals surface area contributed by atoms with Crippen molar-refractivity contribution >= 4 is 0 Å². The highest BCUT2D eigenvalue weighted by molar-refractivity contribution is 4.76. The van der Waals surface area contributed by atoms with Gasteiger partial charge in [-0.05, 0) is 25.7 Å². The molecular formula is C14H22O3. The molecule has 0 aromatic heterocycles. The maximum atomic E-state index is 5.91. The smallest absolute Gasteiger partial charge is 0.333 e. The Morgan fingerprint density at radius 3 is 1.71 bits per heavy atom. The van der Waals surface area contributed by atoms with E-state index in [2.05, 4.69) is 6.11 Å². The molecule has 3 nitrogen and oxygen atoms in total. The Morgan fingerprint density at radius 2 is 1.35 bits per heavy atom. The summed E-state index contributed by atoms with van der Waals surface area (Å²) in [5, 5.41) is 0. The highest BCUT2D eigenvalue weighted by Crippen LogP contribution is 2.31. The molecule has 3 heteroatoms. The van der Waals surface area contributed by atoms with E-state index in [9.17, 15) is 0 Å². The molecule has 0 amide bonds.